The quantitative estimate of drug-likeness (QED) is 0.848. The van der Waals surface area contributed by atoms with Crippen LogP contribution in [0.3, 0.4) is 0 Å². The number of carboxylic acid groups (broad SMARTS) is 1. The van der Waals surface area contributed by atoms with E-state index in [0.717, 1.165) is 5.56 Å². The molecular weight excluding hydrogens is 290 g/mol. The summed E-state index contributed by atoms with van der Waals surface area (Å²) in [5.74, 6) is -1.44. The average molecular weight is 304 g/mol. The number of carbonyl (C=O) groups excluding carboxylic acids is 1. The van der Waals surface area contributed by atoms with E-state index < -0.39 is 17.3 Å². The molecule has 1 amide bonds. The fourth-order valence-electron chi connectivity index (χ4n) is 1.86. The Bertz CT molecular complexity index is 670. The third kappa shape index (κ3) is 3.61. The normalized spacial score (nSPS) is 11.7. The van der Waals surface area contributed by atoms with E-state index in [1.54, 1.807) is 37.3 Å². The summed E-state index contributed by atoms with van der Waals surface area (Å²) < 4.78 is 0. The molecule has 0 aliphatic carbocycles. The molecule has 108 valence electrons. The summed E-state index contributed by atoms with van der Waals surface area (Å²) in [4.78, 5) is 23.1. The van der Waals surface area contributed by atoms with Crippen LogP contribution in [0.2, 0.25) is 0 Å². The van der Waals surface area contributed by atoms with E-state index >= 15 is 0 Å². The number of benzene rings is 2. The van der Waals surface area contributed by atoms with Crippen molar-refractivity contribution in [3.8, 4) is 0 Å². The predicted molar refractivity (Wildman–Crippen MR) is 81.8 cm³/mol. The Morgan fingerprint density at radius 1 is 1.14 bits per heavy atom. The van der Waals surface area contributed by atoms with Crippen LogP contribution < -0.4 is 5.32 Å². The fourth-order valence-corrected chi connectivity index (χ4v) is 2.06. The largest absolute Gasteiger partial charge is 0.478 e. The molecule has 2 rings (SSSR count). The van der Waals surface area contributed by atoms with Gasteiger partial charge in [0.05, 0.1) is 5.56 Å². The van der Waals surface area contributed by atoms with E-state index in [2.05, 4.69) is 5.32 Å². The molecule has 4 nitrogen and oxygen atoms in total. The van der Waals surface area contributed by atoms with Gasteiger partial charge in [0.25, 0.3) is 0 Å². The van der Waals surface area contributed by atoms with E-state index in [1.165, 1.54) is 12.1 Å². The van der Waals surface area contributed by atoms with Gasteiger partial charge in [-0.05, 0) is 30.2 Å². The molecule has 1 atom stereocenters. The average Bonchev–Trinajstić information content (AvgIpc) is 2.49. The number of aromatic carboxylic acids is 1. The topological polar surface area (TPSA) is 66.4 Å². The molecule has 0 saturated heterocycles. The molecule has 1 unspecified atom stereocenters. The lowest BCUT2D eigenvalue weighted by Gasteiger charge is -2.13. The Balaban J connectivity index is 2.20. The molecule has 0 radical (unpaired) electrons. The van der Waals surface area contributed by atoms with Crippen LogP contribution in [0.5, 0.6) is 0 Å². The molecule has 2 aromatic rings. The first-order valence-electron chi connectivity index (χ1n) is 6.33. The van der Waals surface area contributed by atoms with Gasteiger partial charge in [0, 0.05) is 5.69 Å². The van der Waals surface area contributed by atoms with E-state index in [9.17, 15) is 9.59 Å². The SMILES string of the molecule is Cc1ccc(C(=O)O)cc1NC(=O)C(Cl)c1ccccc1. The second-order valence-corrected chi connectivity index (χ2v) is 5.03. The molecule has 0 saturated carbocycles. The minimum absolute atomic E-state index is 0.113. The number of aryl methyl sites for hydroxylation is 1. The molecule has 0 aliphatic heterocycles. The molecule has 5 heteroatoms. The third-order valence-electron chi connectivity index (χ3n) is 3.06. The number of rotatable bonds is 4. The highest BCUT2D eigenvalue weighted by Crippen LogP contribution is 2.24. The van der Waals surface area contributed by atoms with E-state index in [1.807, 2.05) is 6.07 Å². The standard InChI is InChI=1S/C16H14ClNO3/c1-10-7-8-12(16(20)21)9-13(10)18-15(19)14(17)11-5-3-2-4-6-11/h2-9,14H,1H3,(H,18,19)(H,20,21). The molecule has 0 heterocycles. The van der Waals surface area contributed by atoms with Crippen LogP contribution in [0.4, 0.5) is 5.69 Å². The number of nitrogens with one attached hydrogen (secondary N) is 1. The van der Waals surface area contributed by atoms with Crippen molar-refractivity contribution in [2.45, 2.75) is 12.3 Å². The first kappa shape index (κ1) is 15.1. The Morgan fingerprint density at radius 3 is 2.43 bits per heavy atom. The number of alkyl halides is 1. The summed E-state index contributed by atoms with van der Waals surface area (Å²) in [5.41, 5.74) is 2.01. The fraction of sp³-hybridized carbons (Fsp3) is 0.125. The van der Waals surface area contributed by atoms with Gasteiger partial charge in [0.1, 0.15) is 5.38 Å². The maximum absolute atomic E-state index is 12.2. The maximum atomic E-state index is 12.2. The molecule has 2 aromatic carbocycles. The molecular formula is C16H14ClNO3. The van der Waals surface area contributed by atoms with Crippen LogP contribution in [0.25, 0.3) is 0 Å². The van der Waals surface area contributed by atoms with Gasteiger partial charge >= 0.3 is 5.97 Å². The lowest BCUT2D eigenvalue weighted by Crippen LogP contribution is -2.18. The lowest BCUT2D eigenvalue weighted by molar-refractivity contribution is -0.116. The highest BCUT2D eigenvalue weighted by atomic mass is 35.5. The van der Waals surface area contributed by atoms with Crippen molar-refractivity contribution in [1.29, 1.82) is 0 Å². The van der Waals surface area contributed by atoms with Gasteiger partial charge in [-0.1, -0.05) is 36.4 Å². The zero-order chi connectivity index (χ0) is 15.4. The number of hydrogen-bond acceptors (Lipinski definition) is 2. The molecule has 2 N–H and O–H groups in total. The molecule has 21 heavy (non-hydrogen) atoms. The summed E-state index contributed by atoms with van der Waals surface area (Å²) >= 11 is 6.13. The molecule has 0 aromatic heterocycles. The van der Waals surface area contributed by atoms with Crippen LogP contribution in [0.15, 0.2) is 48.5 Å². The van der Waals surface area contributed by atoms with Crippen molar-refractivity contribution < 1.29 is 14.7 Å². The minimum Gasteiger partial charge on any atom is -0.478 e. The Morgan fingerprint density at radius 2 is 1.81 bits per heavy atom. The van der Waals surface area contributed by atoms with Crippen molar-refractivity contribution in [2.24, 2.45) is 0 Å². The smallest absolute Gasteiger partial charge is 0.335 e. The number of amides is 1. The van der Waals surface area contributed by atoms with Gasteiger partial charge in [-0.15, -0.1) is 11.6 Å². The van der Waals surface area contributed by atoms with Crippen molar-refractivity contribution in [1.82, 2.24) is 0 Å². The highest BCUT2D eigenvalue weighted by Gasteiger charge is 2.18. The summed E-state index contributed by atoms with van der Waals surface area (Å²) in [6.45, 7) is 1.78. The zero-order valence-corrected chi connectivity index (χ0v) is 12.1. The molecule has 0 fully saturated rings. The Hall–Kier alpha value is -2.33. The lowest BCUT2D eigenvalue weighted by atomic mass is 10.1. The maximum Gasteiger partial charge on any atom is 0.335 e. The number of carbonyl (C=O) groups is 2. The third-order valence-corrected chi connectivity index (χ3v) is 3.51. The van der Waals surface area contributed by atoms with Gasteiger partial charge in [-0.3, -0.25) is 4.79 Å². The van der Waals surface area contributed by atoms with Gasteiger partial charge < -0.3 is 10.4 Å². The van der Waals surface area contributed by atoms with Crippen molar-refractivity contribution in [2.75, 3.05) is 5.32 Å². The molecule has 0 bridgehead atoms. The second-order valence-electron chi connectivity index (χ2n) is 4.60. The van der Waals surface area contributed by atoms with Crippen molar-refractivity contribution in [3.05, 3.63) is 65.2 Å². The van der Waals surface area contributed by atoms with Crippen LogP contribution in [-0.2, 0) is 4.79 Å². The number of carboxylic acids is 1. The van der Waals surface area contributed by atoms with Gasteiger partial charge in [0.2, 0.25) is 5.91 Å². The minimum atomic E-state index is -1.05. The summed E-state index contributed by atoms with van der Waals surface area (Å²) in [7, 11) is 0. The Labute approximate surface area is 127 Å². The highest BCUT2D eigenvalue weighted by molar-refractivity contribution is 6.32. The van der Waals surface area contributed by atoms with Crippen LogP contribution in [0, 0.1) is 6.92 Å². The predicted octanol–water partition coefficient (Wildman–Crippen LogP) is 3.61. The Kier molecular flexibility index (Phi) is 4.60. The summed E-state index contributed by atoms with van der Waals surface area (Å²) in [6, 6.07) is 13.5. The molecule has 0 spiro atoms. The second kappa shape index (κ2) is 6.41. The zero-order valence-electron chi connectivity index (χ0n) is 11.3. The van der Waals surface area contributed by atoms with Crippen LogP contribution in [0.1, 0.15) is 26.9 Å². The van der Waals surface area contributed by atoms with E-state index in [4.69, 9.17) is 16.7 Å². The summed E-state index contributed by atoms with van der Waals surface area (Å²) in [6.07, 6.45) is 0. The first-order chi connectivity index (χ1) is 9.99. The molecule has 0 aliphatic rings. The number of halogens is 1. The van der Waals surface area contributed by atoms with E-state index in [-0.39, 0.29) is 5.56 Å². The van der Waals surface area contributed by atoms with E-state index in [0.29, 0.717) is 11.3 Å². The summed E-state index contributed by atoms with van der Waals surface area (Å²) in [5, 5.41) is 10.8. The van der Waals surface area contributed by atoms with Crippen LogP contribution in [-0.4, -0.2) is 17.0 Å². The number of hydrogen-bond donors (Lipinski definition) is 2. The van der Waals surface area contributed by atoms with Gasteiger partial charge in [-0.25, -0.2) is 4.79 Å². The van der Waals surface area contributed by atoms with Gasteiger partial charge in [0.15, 0.2) is 0 Å². The monoisotopic (exact) mass is 303 g/mol. The number of anilines is 1. The van der Waals surface area contributed by atoms with Crippen LogP contribution >= 0.6 is 11.6 Å². The van der Waals surface area contributed by atoms with Gasteiger partial charge in [-0.2, -0.15) is 0 Å². The van der Waals surface area contributed by atoms with Crippen molar-refractivity contribution in [3.63, 3.8) is 0 Å². The van der Waals surface area contributed by atoms with Crippen molar-refractivity contribution >= 4 is 29.2 Å². The first-order valence-corrected chi connectivity index (χ1v) is 6.76.